The average Bonchev–Trinajstić information content (AvgIpc) is 3.14. The van der Waals surface area contributed by atoms with Gasteiger partial charge in [-0.15, -0.1) is 0 Å². The van der Waals surface area contributed by atoms with Crippen LogP contribution in [0.5, 0.6) is 0 Å². The molecule has 0 bridgehead atoms. The summed E-state index contributed by atoms with van der Waals surface area (Å²) in [4.78, 5) is 5.41. The summed E-state index contributed by atoms with van der Waals surface area (Å²) < 4.78 is 3.62. The van der Waals surface area contributed by atoms with E-state index in [9.17, 15) is 0 Å². The van der Waals surface area contributed by atoms with E-state index in [1.807, 2.05) is 53.6 Å². The number of para-hydroxylation sites is 1. The molecule has 4 aromatic rings. The Morgan fingerprint density at radius 1 is 1.00 bits per heavy atom. The quantitative estimate of drug-likeness (QED) is 0.561. The van der Waals surface area contributed by atoms with Gasteiger partial charge >= 0.3 is 0 Å². The van der Waals surface area contributed by atoms with Crippen molar-refractivity contribution in [3.8, 4) is 16.9 Å². The SMILES string of the molecule is c1ccc(-n2cc(-c3cn4ncsc4n3)cn2)cc1. The zero-order valence-corrected chi connectivity index (χ0v) is 10.7. The maximum atomic E-state index is 4.52. The Balaban J connectivity index is 1.77. The van der Waals surface area contributed by atoms with Gasteiger partial charge in [0.1, 0.15) is 5.51 Å². The molecule has 3 heterocycles. The van der Waals surface area contributed by atoms with Crippen molar-refractivity contribution >= 4 is 16.3 Å². The predicted octanol–water partition coefficient (Wildman–Crippen LogP) is 2.64. The molecule has 0 saturated carbocycles. The molecule has 0 aliphatic carbocycles. The molecule has 0 aliphatic heterocycles. The van der Waals surface area contributed by atoms with E-state index in [2.05, 4.69) is 15.2 Å². The molecule has 3 aromatic heterocycles. The van der Waals surface area contributed by atoms with Gasteiger partial charge in [-0.05, 0) is 12.1 Å². The van der Waals surface area contributed by atoms with Crippen molar-refractivity contribution in [2.45, 2.75) is 0 Å². The molecule has 0 fully saturated rings. The number of imidazole rings is 1. The van der Waals surface area contributed by atoms with Gasteiger partial charge < -0.3 is 0 Å². The first-order chi connectivity index (χ1) is 9.40. The normalized spacial score (nSPS) is 11.2. The Hall–Kier alpha value is -2.47. The second-order valence-corrected chi connectivity index (χ2v) is 4.91. The maximum absolute atomic E-state index is 4.52. The third-order valence-electron chi connectivity index (χ3n) is 2.89. The van der Waals surface area contributed by atoms with Crippen molar-refractivity contribution in [2.75, 3.05) is 0 Å². The van der Waals surface area contributed by atoms with Gasteiger partial charge in [0.05, 0.1) is 23.8 Å². The van der Waals surface area contributed by atoms with Gasteiger partial charge in [-0.1, -0.05) is 29.5 Å². The zero-order valence-electron chi connectivity index (χ0n) is 9.84. The first-order valence-electron chi connectivity index (χ1n) is 5.79. The van der Waals surface area contributed by atoms with E-state index in [1.54, 1.807) is 10.0 Å². The van der Waals surface area contributed by atoms with Crippen LogP contribution in [0, 0.1) is 0 Å². The van der Waals surface area contributed by atoms with Crippen LogP contribution in [0.15, 0.2) is 54.4 Å². The molecule has 92 valence electrons. The van der Waals surface area contributed by atoms with Crippen LogP contribution in [-0.4, -0.2) is 24.4 Å². The molecule has 0 amide bonds. The lowest BCUT2D eigenvalue weighted by atomic mass is 10.3. The molecular weight excluding hydrogens is 258 g/mol. The van der Waals surface area contributed by atoms with Crippen LogP contribution in [-0.2, 0) is 0 Å². The number of hydrogen-bond acceptors (Lipinski definition) is 4. The molecule has 0 radical (unpaired) electrons. The second-order valence-electron chi connectivity index (χ2n) is 4.10. The van der Waals surface area contributed by atoms with Gasteiger partial charge in [0.2, 0.25) is 4.96 Å². The molecule has 0 atom stereocenters. The van der Waals surface area contributed by atoms with E-state index in [0.717, 1.165) is 21.9 Å². The van der Waals surface area contributed by atoms with E-state index < -0.39 is 0 Å². The summed E-state index contributed by atoms with van der Waals surface area (Å²) in [5.41, 5.74) is 4.69. The number of benzene rings is 1. The van der Waals surface area contributed by atoms with Crippen molar-refractivity contribution in [1.29, 1.82) is 0 Å². The first-order valence-corrected chi connectivity index (χ1v) is 6.67. The summed E-state index contributed by atoms with van der Waals surface area (Å²) in [7, 11) is 0. The molecule has 0 aliphatic rings. The number of aromatic nitrogens is 5. The van der Waals surface area contributed by atoms with Gasteiger partial charge in [0.25, 0.3) is 0 Å². The molecule has 4 rings (SSSR count). The molecule has 0 unspecified atom stereocenters. The number of rotatable bonds is 2. The predicted molar refractivity (Wildman–Crippen MR) is 73.4 cm³/mol. The van der Waals surface area contributed by atoms with Crippen molar-refractivity contribution in [1.82, 2.24) is 24.4 Å². The third kappa shape index (κ3) is 1.73. The third-order valence-corrected chi connectivity index (χ3v) is 3.57. The van der Waals surface area contributed by atoms with E-state index >= 15 is 0 Å². The summed E-state index contributed by atoms with van der Waals surface area (Å²) in [5, 5.41) is 8.54. The highest BCUT2D eigenvalue weighted by atomic mass is 32.1. The second kappa shape index (κ2) is 4.03. The van der Waals surface area contributed by atoms with Gasteiger partial charge in [0.15, 0.2) is 0 Å². The summed E-state index contributed by atoms with van der Waals surface area (Å²) in [6.45, 7) is 0. The van der Waals surface area contributed by atoms with Crippen LogP contribution in [0.25, 0.3) is 21.9 Å². The molecule has 5 nitrogen and oxygen atoms in total. The number of fused-ring (bicyclic) bond motifs is 1. The lowest BCUT2D eigenvalue weighted by Gasteiger charge is -1.98. The van der Waals surface area contributed by atoms with Crippen LogP contribution in [0.4, 0.5) is 0 Å². The average molecular weight is 267 g/mol. The molecular formula is C13H9N5S. The fraction of sp³-hybridized carbons (Fsp3) is 0. The standard InChI is InChI=1S/C13H9N5S/c1-2-4-11(5-3-1)17-7-10(6-14-17)12-8-18-13(16-12)19-9-15-18/h1-9H. The summed E-state index contributed by atoms with van der Waals surface area (Å²) in [6, 6.07) is 10.0. The minimum Gasteiger partial charge on any atom is -0.240 e. The van der Waals surface area contributed by atoms with Crippen LogP contribution in [0.1, 0.15) is 0 Å². The van der Waals surface area contributed by atoms with Gasteiger partial charge in [-0.3, -0.25) is 0 Å². The van der Waals surface area contributed by atoms with Crippen molar-refractivity contribution in [3.63, 3.8) is 0 Å². The summed E-state index contributed by atoms with van der Waals surface area (Å²) in [5.74, 6) is 0. The fourth-order valence-corrected chi connectivity index (χ4v) is 2.56. The minimum atomic E-state index is 0.890. The van der Waals surface area contributed by atoms with Crippen LogP contribution in [0.2, 0.25) is 0 Å². The zero-order chi connectivity index (χ0) is 12.7. The van der Waals surface area contributed by atoms with Crippen LogP contribution < -0.4 is 0 Å². The summed E-state index contributed by atoms with van der Waals surface area (Å²) >= 11 is 1.52. The Morgan fingerprint density at radius 3 is 2.74 bits per heavy atom. The maximum Gasteiger partial charge on any atom is 0.212 e. The van der Waals surface area contributed by atoms with Crippen LogP contribution in [0.3, 0.4) is 0 Å². The highest BCUT2D eigenvalue weighted by Gasteiger charge is 2.08. The number of nitrogens with zero attached hydrogens (tertiary/aromatic N) is 5. The van der Waals surface area contributed by atoms with E-state index in [0.29, 0.717) is 0 Å². The van der Waals surface area contributed by atoms with E-state index in [1.165, 1.54) is 11.3 Å². The Morgan fingerprint density at radius 2 is 1.89 bits per heavy atom. The lowest BCUT2D eigenvalue weighted by molar-refractivity contribution is 0.881. The Labute approximate surface area is 112 Å². The fourth-order valence-electron chi connectivity index (χ4n) is 1.95. The monoisotopic (exact) mass is 267 g/mol. The van der Waals surface area contributed by atoms with Gasteiger partial charge in [-0.25, -0.2) is 14.2 Å². The van der Waals surface area contributed by atoms with Gasteiger partial charge in [-0.2, -0.15) is 10.2 Å². The molecule has 0 saturated heterocycles. The lowest BCUT2D eigenvalue weighted by Crippen LogP contribution is -1.92. The molecule has 0 spiro atoms. The topological polar surface area (TPSA) is 48.0 Å². The largest absolute Gasteiger partial charge is 0.240 e. The Kier molecular flexibility index (Phi) is 2.22. The molecule has 6 heteroatoms. The summed E-state index contributed by atoms with van der Waals surface area (Å²) in [6.07, 6.45) is 5.71. The molecule has 1 aromatic carbocycles. The van der Waals surface area contributed by atoms with E-state index in [4.69, 9.17) is 0 Å². The molecule has 0 N–H and O–H groups in total. The number of hydrogen-bond donors (Lipinski definition) is 0. The molecule has 19 heavy (non-hydrogen) atoms. The van der Waals surface area contributed by atoms with Crippen molar-refractivity contribution in [3.05, 3.63) is 54.4 Å². The minimum absolute atomic E-state index is 0.890. The van der Waals surface area contributed by atoms with Crippen molar-refractivity contribution in [2.24, 2.45) is 0 Å². The van der Waals surface area contributed by atoms with E-state index in [-0.39, 0.29) is 0 Å². The highest BCUT2D eigenvalue weighted by molar-refractivity contribution is 7.14. The highest BCUT2D eigenvalue weighted by Crippen LogP contribution is 2.21. The van der Waals surface area contributed by atoms with Crippen LogP contribution >= 0.6 is 11.3 Å². The smallest absolute Gasteiger partial charge is 0.212 e. The Bertz CT molecular complexity index is 798. The first kappa shape index (κ1) is 10.5. The van der Waals surface area contributed by atoms with Gasteiger partial charge in [0, 0.05) is 11.8 Å². The van der Waals surface area contributed by atoms with Crippen molar-refractivity contribution < 1.29 is 0 Å².